The molecule has 1 amide bonds. The van der Waals surface area contributed by atoms with Crippen molar-refractivity contribution in [2.45, 2.75) is 13.8 Å². The normalized spacial score (nSPS) is 10.2. The van der Waals surface area contributed by atoms with Crippen LogP contribution >= 0.6 is 11.3 Å². The van der Waals surface area contributed by atoms with Crippen molar-refractivity contribution in [3.63, 3.8) is 0 Å². The highest BCUT2D eigenvalue weighted by atomic mass is 32.1. The standard InChI is InChI=1S/C17H19NO5S/c1-10-11(2)24-16(15(10)17(20)22-4)18-14(19)9-23-13-7-5-12(21-3)6-8-13/h5-8H,9H2,1-4H3,(H,18,19). The molecule has 0 bridgehead atoms. The number of anilines is 1. The summed E-state index contributed by atoms with van der Waals surface area (Å²) >= 11 is 1.33. The van der Waals surface area contributed by atoms with Crippen LogP contribution in [0.4, 0.5) is 5.00 Å². The fourth-order valence-electron chi connectivity index (χ4n) is 2.05. The predicted octanol–water partition coefficient (Wildman–Crippen LogP) is 3.18. The summed E-state index contributed by atoms with van der Waals surface area (Å²) in [6.07, 6.45) is 0. The molecule has 1 heterocycles. The predicted molar refractivity (Wildman–Crippen MR) is 92.3 cm³/mol. The lowest BCUT2D eigenvalue weighted by Gasteiger charge is -2.08. The topological polar surface area (TPSA) is 73.9 Å². The van der Waals surface area contributed by atoms with E-state index in [1.165, 1.54) is 18.4 Å². The number of amides is 1. The van der Waals surface area contributed by atoms with Crippen molar-refractivity contribution < 1.29 is 23.8 Å². The van der Waals surface area contributed by atoms with E-state index in [0.29, 0.717) is 22.1 Å². The van der Waals surface area contributed by atoms with Crippen LogP contribution in [0.1, 0.15) is 20.8 Å². The van der Waals surface area contributed by atoms with Crippen LogP contribution in [0.3, 0.4) is 0 Å². The smallest absolute Gasteiger partial charge is 0.341 e. The van der Waals surface area contributed by atoms with E-state index >= 15 is 0 Å². The van der Waals surface area contributed by atoms with Gasteiger partial charge >= 0.3 is 5.97 Å². The molecule has 0 radical (unpaired) electrons. The number of carbonyl (C=O) groups excluding carboxylic acids is 2. The quantitative estimate of drug-likeness (QED) is 0.811. The van der Waals surface area contributed by atoms with Gasteiger partial charge in [0.2, 0.25) is 0 Å². The van der Waals surface area contributed by atoms with E-state index in [1.807, 2.05) is 13.8 Å². The van der Waals surface area contributed by atoms with Gasteiger partial charge in [0, 0.05) is 4.88 Å². The van der Waals surface area contributed by atoms with Crippen molar-refractivity contribution in [2.24, 2.45) is 0 Å². The molecule has 1 aromatic heterocycles. The van der Waals surface area contributed by atoms with Crippen molar-refractivity contribution in [2.75, 3.05) is 26.1 Å². The molecule has 0 saturated heterocycles. The van der Waals surface area contributed by atoms with Gasteiger partial charge in [-0.3, -0.25) is 4.79 Å². The zero-order valence-corrected chi connectivity index (χ0v) is 14.8. The van der Waals surface area contributed by atoms with E-state index in [-0.39, 0.29) is 12.5 Å². The van der Waals surface area contributed by atoms with Crippen LogP contribution in [0.15, 0.2) is 24.3 Å². The lowest BCUT2D eigenvalue weighted by molar-refractivity contribution is -0.118. The molecule has 2 rings (SSSR count). The van der Waals surface area contributed by atoms with Crippen LogP contribution in [0, 0.1) is 13.8 Å². The maximum Gasteiger partial charge on any atom is 0.341 e. The van der Waals surface area contributed by atoms with Gasteiger partial charge in [-0.05, 0) is 43.7 Å². The van der Waals surface area contributed by atoms with Crippen molar-refractivity contribution in [1.29, 1.82) is 0 Å². The summed E-state index contributed by atoms with van der Waals surface area (Å²) in [5, 5.41) is 3.18. The molecule has 128 valence electrons. The largest absolute Gasteiger partial charge is 0.497 e. The third kappa shape index (κ3) is 4.05. The Morgan fingerprint density at radius 2 is 1.71 bits per heavy atom. The Bertz CT molecular complexity index is 736. The van der Waals surface area contributed by atoms with Crippen molar-refractivity contribution in [3.8, 4) is 11.5 Å². The van der Waals surface area contributed by atoms with Crippen LogP contribution in [0.2, 0.25) is 0 Å². The average Bonchev–Trinajstić information content (AvgIpc) is 2.86. The Kier molecular flexibility index (Phi) is 5.81. The molecular weight excluding hydrogens is 330 g/mol. The summed E-state index contributed by atoms with van der Waals surface area (Å²) in [6.45, 7) is 3.54. The highest BCUT2D eigenvalue weighted by Gasteiger charge is 2.21. The molecule has 0 atom stereocenters. The third-order valence-electron chi connectivity index (χ3n) is 3.46. The maximum atomic E-state index is 12.1. The number of esters is 1. The SMILES string of the molecule is COC(=O)c1c(NC(=O)COc2ccc(OC)cc2)sc(C)c1C. The Hall–Kier alpha value is -2.54. The number of hydrogen-bond acceptors (Lipinski definition) is 6. The van der Waals surface area contributed by atoms with Gasteiger partial charge in [-0.1, -0.05) is 0 Å². The molecule has 24 heavy (non-hydrogen) atoms. The molecule has 0 saturated carbocycles. The van der Waals surface area contributed by atoms with Gasteiger partial charge in [-0.15, -0.1) is 11.3 Å². The Balaban J connectivity index is 2.02. The molecular formula is C17H19NO5S. The van der Waals surface area contributed by atoms with Gasteiger partial charge in [0.15, 0.2) is 6.61 Å². The maximum absolute atomic E-state index is 12.1. The molecule has 1 N–H and O–H groups in total. The second-order valence-corrected chi connectivity index (χ2v) is 6.22. The summed E-state index contributed by atoms with van der Waals surface area (Å²) in [6, 6.07) is 6.92. The van der Waals surface area contributed by atoms with E-state index in [9.17, 15) is 9.59 Å². The Morgan fingerprint density at radius 3 is 2.29 bits per heavy atom. The van der Waals surface area contributed by atoms with E-state index in [1.54, 1.807) is 31.4 Å². The van der Waals surface area contributed by atoms with Crippen LogP contribution in [0.5, 0.6) is 11.5 Å². The van der Waals surface area contributed by atoms with Gasteiger partial charge in [0.25, 0.3) is 5.91 Å². The van der Waals surface area contributed by atoms with E-state index in [4.69, 9.17) is 14.2 Å². The van der Waals surface area contributed by atoms with E-state index in [0.717, 1.165) is 10.4 Å². The lowest BCUT2D eigenvalue weighted by atomic mass is 10.1. The average molecular weight is 349 g/mol. The number of methoxy groups -OCH3 is 2. The molecule has 0 aliphatic rings. The summed E-state index contributed by atoms with van der Waals surface area (Å²) < 4.78 is 15.3. The minimum atomic E-state index is -0.469. The van der Waals surface area contributed by atoms with Crippen LogP contribution in [0.25, 0.3) is 0 Å². The first-order chi connectivity index (χ1) is 11.5. The number of thiophene rings is 1. The molecule has 2 aromatic rings. The van der Waals surface area contributed by atoms with Gasteiger partial charge in [-0.2, -0.15) is 0 Å². The summed E-state index contributed by atoms with van der Waals surface area (Å²) in [5.74, 6) is 0.442. The highest BCUT2D eigenvalue weighted by Crippen LogP contribution is 2.32. The number of rotatable bonds is 6. The summed E-state index contributed by atoms with van der Waals surface area (Å²) in [5.41, 5.74) is 1.19. The first-order valence-corrected chi connectivity index (χ1v) is 8.03. The fourth-order valence-corrected chi connectivity index (χ4v) is 3.11. The van der Waals surface area contributed by atoms with Gasteiger partial charge in [-0.25, -0.2) is 4.79 Å². The number of benzene rings is 1. The van der Waals surface area contributed by atoms with Gasteiger partial charge in [0.05, 0.1) is 19.8 Å². The van der Waals surface area contributed by atoms with Gasteiger partial charge in [0.1, 0.15) is 16.5 Å². The minimum absolute atomic E-state index is 0.164. The lowest BCUT2D eigenvalue weighted by Crippen LogP contribution is -2.21. The molecule has 6 nitrogen and oxygen atoms in total. The van der Waals surface area contributed by atoms with Crippen LogP contribution in [-0.4, -0.2) is 32.7 Å². The van der Waals surface area contributed by atoms with Gasteiger partial charge < -0.3 is 19.5 Å². The number of hydrogen-bond donors (Lipinski definition) is 1. The zero-order valence-electron chi connectivity index (χ0n) is 14.0. The number of ether oxygens (including phenoxy) is 3. The van der Waals surface area contributed by atoms with E-state index in [2.05, 4.69) is 5.32 Å². The number of nitrogens with one attached hydrogen (secondary N) is 1. The van der Waals surface area contributed by atoms with Crippen LogP contribution in [-0.2, 0) is 9.53 Å². The fraction of sp³-hybridized carbons (Fsp3) is 0.294. The molecule has 0 spiro atoms. The summed E-state index contributed by atoms with van der Waals surface area (Å²) in [4.78, 5) is 24.9. The van der Waals surface area contributed by atoms with Crippen molar-refractivity contribution in [1.82, 2.24) is 0 Å². The number of aryl methyl sites for hydroxylation is 1. The molecule has 0 fully saturated rings. The Morgan fingerprint density at radius 1 is 1.08 bits per heavy atom. The molecule has 1 aromatic carbocycles. The molecule has 7 heteroatoms. The second-order valence-electron chi connectivity index (χ2n) is 4.99. The first kappa shape index (κ1) is 17.8. The van der Waals surface area contributed by atoms with Crippen molar-refractivity contribution >= 4 is 28.2 Å². The molecule has 0 unspecified atom stereocenters. The highest BCUT2D eigenvalue weighted by molar-refractivity contribution is 7.16. The number of carbonyl (C=O) groups is 2. The first-order valence-electron chi connectivity index (χ1n) is 7.21. The zero-order chi connectivity index (χ0) is 17.7. The third-order valence-corrected chi connectivity index (χ3v) is 4.58. The monoisotopic (exact) mass is 349 g/mol. The van der Waals surface area contributed by atoms with Crippen molar-refractivity contribution in [3.05, 3.63) is 40.3 Å². The molecule has 0 aliphatic carbocycles. The second kappa shape index (κ2) is 7.83. The Labute approximate surface area is 144 Å². The summed E-state index contributed by atoms with van der Waals surface area (Å²) in [7, 11) is 2.89. The minimum Gasteiger partial charge on any atom is -0.497 e. The van der Waals surface area contributed by atoms with E-state index < -0.39 is 5.97 Å². The van der Waals surface area contributed by atoms with Crippen LogP contribution < -0.4 is 14.8 Å². The molecule has 0 aliphatic heterocycles.